The van der Waals surface area contributed by atoms with Gasteiger partial charge in [-0.1, -0.05) is 0 Å². The third kappa shape index (κ3) is 2.50. The molecule has 2 aromatic rings. The molecule has 7 heteroatoms. The van der Waals surface area contributed by atoms with Crippen LogP contribution < -0.4 is 10.5 Å². The van der Waals surface area contributed by atoms with Crippen molar-refractivity contribution in [1.82, 2.24) is 15.2 Å². The minimum Gasteiger partial charge on any atom is -0.494 e. The lowest BCUT2D eigenvalue weighted by Gasteiger charge is -2.07. The molecule has 1 heterocycles. The predicted octanol–water partition coefficient (Wildman–Crippen LogP) is 1.99. The van der Waals surface area contributed by atoms with E-state index in [4.69, 9.17) is 10.5 Å². The van der Waals surface area contributed by atoms with Crippen molar-refractivity contribution in [2.45, 2.75) is 17.0 Å². The van der Waals surface area contributed by atoms with Crippen LogP contribution in [-0.2, 0) is 0 Å². The van der Waals surface area contributed by atoms with Gasteiger partial charge in [-0.05, 0) is 24.8 Å². The Labute approximate surface area is 102 Å². The highest BCUT2D eigenvalue weighted by atomic mass is 32.2. The van der Waals surface area contributed by atoms with E-state index in [2.05, 4.69) is 15.2 Å². The minimum atomic E-state index is -0.486. The first-order chi connectivity index (χ1) is 8.10. The van der Waals surface area contributed by atoms with Crippen LogP contribution >= 0.6 is 11.8 Å². The molecule has 0 radical (unpaired) electrons. The summed E-state index contributed by atoms with van der Waals surface area (Å²) in [5.41, 5.74) is 6.05. The average molecular weight is 254 g/mol. The summed E-state index contributed by atoms with van der Waals surface area (Å²) in [6.07, 6.45) is 0. The first-order valence-electron chi connectivity index (χ1n) is 4.80. The number of H-pyrrole nitrogens is 1. The molecule has 0 unspecified atom stereocenters. The van der Waals surface area contributed by atoms with Crippen molar-refractivity contribution in [1.29, 1.82) is 0 Å². The summed E-state index contributed by atoms with van der Waals surface area (Å²) in [7, 11) is 1.40. The van der Waals surface area contributed by atoms with E-state index < -0.39 is 5.82 Å². The standard InChI is InChI=1S/C10H11FN4OS/c1-5-13-10(15-14-5)17-9-4-8(16-2)6(11)3-7(9)12/h3-4H,12H2,1-2H3,(H,13,14,15). The summed E-state index contributed by atoms with van der Waals surface area (Å²) >= 11 is 1.25. The molecule has 0 bridgehead atoms. The summed E-state index contributed by atoms with van der Waals surface area (Å²) in [4.78, 5) is 4.79. The van der Waals surface area contributed by atoms with E-state index in [1.165, 1.54) is 31.0 Å². The summed E-state index contributed by atoms with van der Waals surface area (Å²) in [5.74, 6) is 0.370. The SMILES string of the molecule is COc1cc(Sc2n[nH]c(C)n2)c(N)cc1F. The lowest BCUT2D eigenvalue weighted by atomic mass is 10.3. The van der Waals surface area contributed by atoms with Gasteiger partial charge in [-0.15, -0.1) is 5.10 Å². The number of methoxy groups -OCH3 is 1. The van der Waals surface area contributed by atoms with Crippen molar-refractivity contribution in [3.05, 3.63) is 23.8 Å². The molecule has 1 aromatic carbocycles. The molecular formula is C10H11FN4OS. The van der Waals surface area contributed by atoms with E-state index in [0.29, 0.717) is 21.6 Å². The molecule has 0 spiro atoms. The number of halogens is 1. The third-order valence-corrected chi connectivity index (χ3v) is 3.00. The number of rotatable bonds is 3. The zero-order chi connectivity index (χ0) is 12.4. The minimum absolute atomic E-state index is 0.147. The van der Waals surface area contributed by atoms with Crippen LogP contribution in [0.2, 0.25) is 0 Å². The van der Waals surface area contributed by atoms with Gasteiger partial charge in [0.2, 0.25) is 5.16 Å². The van der Waals surface area contributed by atoms with Crippen molar-refractivity contribution in [3.63, 3.8) is 0 Å². The lowest BCUT2D eigenvalue weighted by molar-refractivity contribution is 0.385. The van der Waals surface area contributed by atoms with Crippen molar-refractivity contribution in [2.24, 2.45) is 0 Å². The molecular weight excluding hydrogens is 243 g/mol. The Morgan fingerprint density at radius 2 is 2.24 bits per heavy atom. The number of aromatic nitrogens is 3. The van der Waals surface area contributed by atoms with Crippen LogP contribution in [0.15, 0.2) is 22.2 Å². The number of anilines is 1. The van der Waals surface area contributed by atoms with Gasteiger partial charge in [0.25, 0.3) is 0 Å². The molecule has 3 N–H and O–H groups in total. The number of ether oxygens (including phenoxy) is 1. The molecule has 0 aliphatic carbocycles. The van der Waals surface area contributed by atoms with E-state index in [1.54, 1.807) is 6.92 Å². The number of hydrogen-bond acceptors (Lipinski definition) is 5. The van der Waals surface area contributed by atoms with Gasteiger partial charge < -0.3 is 10.5 Å². The maximum Gasteiger partial charge on any atom is 0.213 e. The van der Waals surface area contributed by atoms with Crippen molar-refractivity contribution >= 4 is 17.4 Å². The Kier molecular flexibility index (Phi) is 3.19. The molecule has 1 aromatic heterocycles. The molecule has 0 aliphatic heterocycles. The van der Waals surface area contributed by atoms with Gasteiger partial charge in [-0.25, -0.2) is 9.37 Å². The summed E-state index contributed by atoms with van der Waals surface area (Å²) in [5, 5.41) is 7.22. The normalized spacial score (nSPS) is 10.5. The number of benzene rings is 1. The van der Waals surface area contributed by atoms with Crippen LogP contribution in [-0.4, -0.2) is 22.3 Å². The molecule has 17 heavy (non-hydrogen) atoms. The van der Waals surface area contributed by atoms with Gasteiger partial charge in [0.15, 0.2) is 11.6 Å². The van der Waals surface area contributed by atoms with Gasteiger partial charge >= 0.3 is 0 Å². The highest BCUT2D eigenvalue weighted by Crippen LogP contribution is 2.34. The summed E-state index contributed by atoms with van der Waals surface area (Å²) in [6.45, 7) is 1.80. The Morgan fingerprint density at radius 3 is 2.82 bits per heavy atom. The molecule has 90 valence electrons. The van der Waals surface area contributed by atoms with Crippen LogP contribution in [0.1, 0.15) is 5.82 Å². The number of nitrogens with one attached hydrogen (secondary N) is 1. The number of aryl methyl sites for hydroxylation is 1. The predicted molar refractivity (Wildman–Crippen MR) is 62.6 cm³/mol. The molecule has 0 saturated heterocycles. The lowest BCUT2D eigenvalue weighted by Crippen LogP contribution is -1.94. The van der Waals surface area contributed by atoms with Crippen molar-refractivity contribution in [3.8, 4) is 5.75 Å². The topological polar surface area (TPSA) is 76.8 Å². The highest BCUT2D eigenvalue weighted by molar-refractivity contribution is 7.99. The number of nitrogens with two attached hydrogens (primary N) is 1. The first kappa shape index (κ1) is 11.7. The van der Waals surface area contributed by atoms with E-state index in [1.807, 2.05) is 0 Å². The number of hydrogen-bond donors (Lipinski definition) is 2. The van der Waals surface area contributed by atoms with Crippen LogP contribution in [0.4, 0.5) is 10.1 Å². The monoisotopic (exact) mass is 254 g/mol. The second-order valence-corrected chi connectivity index (χ2v) is 4.34. The Balaban J connectivity index is 2.32. The second kappa shape index (κ2) is 4.62. The summed E-state index contributed by atoms with van der Waals surface area (Å²) in [6, 6.07) is 2.75. The van der Waals surface area contributed by atoms with Crippen LogP contribution in [0, 0.1) is 12.7 Å². The van der Waals surface area contributed by atoms with Crippen LogP contribution in [0.25, 0.3) is 0 Å². The van der Waals surface area contributed by atoms with Crippen LogP contribution in [0.3, 0.4) is 0 Å². The zero-order valence-electron chi connectivity index (χ0n) is 9.32. The Hall–Kier alpha value is -1.76. The smallest absolute Gasteiger partial charge is 0.213 e. The largest absolute Gasteiger partial charge is 0.494 e. The fourth-order valence-electron chi connectivity index (χ4n) is 1.26. The number of nitrogen functional groups attached to an aromatic ring is 1. The van der Waals surface area contributed by atoms with Crippen molar-refractivity contribution in [2.75, 3.05) is 12.8 Å². The maximum absolute atomic E-state index is 13.3. The van der Waals surface area contributed by atoms with E-state index >= 15 is 0 Å². The van der Waals surface area contributed by atoms with Gasteiger partial charge in [0.05, 0.1) is 7.11 Å². The molecule has 2 rings (SSSR count). The van der Waals surface area contributed by atoms with E-state index in [-0.39, 0.29) is 5.75 Å². The molecule has 5 nitrogen and oxygen atoms in total. The number of nitrogens with zero attached hydrogens (tertiary/aromatic N) is 2. The Bertz CT molecular complexity index is 543. The third-order valence-electron chi connectivity index (χ3n) is 2.06. The van der Waals surface area contributed by atoms with Crippen molar-refractivity contribution < 1.29 is 9.13 Å². The van der Waals surface area contributed by atoms with E-state index in [0.717, 1.165) is 0 Å². The quantitative estimate of drug-likeness (QED) is 0.819. The van der Waals surface area contributed by atoms with Gasteiger partial charge in [0, 0.05) is 16.6 Å². The molecule has 0 fully saturated rings. The average Bonchev–Trinajstić information content (AvgIpc) is 2.68. The summed E-state index contributed by atoms with van der Waals surface area (Å²) < 4.78 is 18.2. The zero-order valence-corrected chi connectivity index (χ0v) is 10.1. The van der Waals surface area contributed by atoms with E-state index in [9.17, 15) is 4.39 Å². The molecule has 0 aliphatic rings. The molecule has 0 atom stereocenters. The molecule has 0 saturated carbocycles. The maximum atomic E-state index is 13.3. The van der Waals surface area contributed by atoms with Gasteiger partial charge in [0.1, 0.15) is 5.82 Å². The highest BCUT2D eigenvalue weighted by Gasteiger charge is 2.11. The van der Waals surface area contributed by atoms with Crippen LogP contribution in [0.5, 0.6) is 5.75 Å². The fourth-order valence-corrected chi connectivity index (χ4v) is 2.07. The number of aromatic amines is 1. The molecule has 0 amide bonds. The van der Waals surface area contributed by atoms with Gasteiger partial charge in [-0.3, -0.25) is 5.10 Å². The first-order valence-corrected chi connectivity index (χ1v) is 5.61. The second-order valence-electron chi connectivity index (χ2n) is 3.33. The Morgan fingerprint density at radius 1 is 1.47 bits per heavy atom. The fraction of sp³-hybridized carbons (Fsp3) is 0.200. The van der Waals surface area contributed by atoms with Gasteiger partial charge in [-0.2, -0.15) is 0 Å².